The van der Waals surface area contributed by atoms with Crippen molar-refractivity contribution in [1.82, 2.24) is 34.1 Å². The average molecular weight is 465 g/mol. The minimum Gasteiger partial charge on any atom is -0.336 e. The fourth-order valence-corrected chi connectivity index (χ4v) is 4.29. The van der Waals surface area contributed by atoms with Gasteiger partial charge in [-0.3, -0.25) is 23.7 Å². The molecular formula is C24H32N8O2. The van der Waals surface area contributed by atoms with E-state index in [9.17, 15) is 9.59 Å². The molecule has 3 aromatic rings. The molecule has 4 heterocycles. The lowest BCUT2D eigenvalue weighted by Gasteiger charge is -2.41. The monoisotopic (exact) mass is 464 g/mol. The van der Waals surface area contributed by atoms with E-state index < -0.39 is 0 Å². The number of anilines is 2. The molecule has 0 radical (unpaired) electrons. The zero-order valence-corrected chi connectivity index (χ0v) is 20.0. The van der Waals surface area contributed by atoms with E-state index in [2.05, 4.69) is 52.6 Å². The van der Waals surface area contributed by atoms with Crippen LogP contribution in [0.1, 0.15) is 33.2 Å². The van der Waals surface area contributed by atoms with Gasteiger partial charge in [0.15, 0.2) is 5.82 Å². The van der Waals surface area contributed by atoms with Gasteiger partial charge in [0, 0.05) is 74.7 Å². The van der Waals surface area contributed by atoms with Gasteiger partial charge < -0.3 is 10.2 Å². The van der Waals surface area contributed by atoms with Crippen molar-refractivity contribution in [2.24, 2.45) is 0 Å². The quantitative estimate of drug-likeness (QED) is 0.511. The predicted octanol–water partition coefficient (Wildman–Crippen LogP) is 2.42. The van der Waals surface area contributed by atoms with Crippen LogP contribution in [0.5, 0.6) is 0 Å². The van der Waals surface area contributed by atoms with Crippen LogP contribution in [0.15, 0.2) is 48.0 Å². The smallest absolute Gasteiger partial charge is 0.252 e. The van der Waals surface area contributed by atoms with Crippen LogP contribution in [0, 0.1) is 0 Å². The normalized spacial score (nSPS) is 16.8. The highest BCUT2D eigenvalue weighted by molar-refractivity contribution is 5.87. The van der Waals surface area contributed by atoms with Gasteiger partial charge in [0.2, 0.25) is 11.9 Å². The second-order valence-electron chi connectivity index (χ2n) is 8.78. The number of fused-ring (bicyclic) bond motifs is 1. The lowest BCUT2D eigenvalue weighted by atomic mass is 10.1. The lowest BCUT2D eigenvalue weighted by molar-refractivity contribution is -0.129. The van der Waals surface area contributed by atoms with Crippen LogP contribution in [-0.2, 0) is 11.3 Å². The number of amides is 1. The van der Waals surface area contributed by atoms with Gasteiger partial charge in [-0.2, -0.15) is 10.1 Å². The van der Waals surface area contributed by atoms with Crippen molar-refractivity contribution in [3.05, 3.63) is 53.6 Å². The molecule has 1 N–H and O–H groups in total. The number of pyridine rings is 1. The zero-order chi connectivity index (χ0) is 24.2. The fraction of sp³-hybridized carbons (Fsp3) is 0.458. The van der Waals surface area contributed by atoms with E-state index in [4.69, 9.17) is 0 Å². The van der Waals surface area contributed by atoms with Crippen molar-refractivity contribution in [2.45, 2.75) is 45.8 Å². The van der Waals surface area contributed by atoms with Crippen LogP contribution >= 0.6 is 0 Å². The van der Waals surface area contributed by atoms with E-state index in [-0.39, 0.29) is 23.6 Å². The summed E-state index contributed by atoms with van der Waals surface area (Å²) in [5, 5.41) is 8.41. The molecule has 0 bridgehead atoms. The Labute approximate surface area is 198 Å². The standard InChI is InChI=1S/C24H32N8O2/c1-5-19-16-30(21(33)6-2)12-11-29(19)13-14-31-22(34)8-7-18-15-25-24(27-23(18)31)26-20-9-10-32(28-20)17(3)4/h6-10,15,17,19H,2,5,11-14,16H2,1,3-4H3,(H,25,26,27,28)/t19-/m0/s1. The van der Waals surface area contributed by atoms with Gasteiger partial charge in [0.25, 0.3) is 5.56 Å². The number of rotatable bonds is 8. The Balaban J connectivity index is 1.53. The number of nitrogens with one attached hydrogen (secondary N) is 1. The van der Waals surface area contributed by atoms with Crippen LogP contribution in [0.2, 0.25) is 0 Å². The van der Waals surface area contributed by atoms with E-state index in [0.29, 0.717) is 43.6 Å². The maximum absolute atomic E-state index is 12.8. The first kappa shape index (κ1) is 23.6. The topological polar surface area (TPSA) is 101 Å². The number of aromatic nitrogens is 5. The molecule has 1 aliphatic heterocycles. The average Bonchev–Trinajstić information content (AvgIpc) is 3.31. The van der Waals surface area contributed by atoms with E-state index in [0.717, 1.165) is 18.4 Å². The first-order chi connectivity index (χ1) is 16.4. The summed E-state index contributed by atoms with van der Waals surface area (Å²) in [4.78, 5) is 38.0. The van der Waals surface area contributed by atoms with Gasteiger partial charge in [-0.1, -0.05) is 13.5 Å². The van der Waals surface area contributed by atoms with Crippen LogP contribution in [0.25, 0.3) is 11.0 Å². The summed E-state index contributed by atoms with van der Waals surface area (Å²) in [6.45, 7) is 13.1. The largest absolute Gasteiger partial charge is 0.336 e. The Kier molecular flexibility index (Phi) is 7.06. The van der Waals surface area contributed by atoms with Gasteiger partial charge in [-0.05, 0) is 32.4 Å². The maximum atomic E-state index is 12.8. The van der Waals surface area contributed by atoms with Gasteiger partial charge in [-0.15, -0.1) is 0 Å². The molecule has 0 aliphatic carbocycles. The van der Waals surface area contributed by atoms with E-state index in [1.807, 2.05) is 21.8 Å². The highest BCUT2D eigenvalue weighted by Crippen LogP contribution is 2.17. The fourth-order valence-electron chi connectivity index (χ4n) is 4.29. The number of hydrogen-bond acceptors (Lipinski definition) is 7. The van der Waals surface area contributed by atoms with Crippen molar-refractivity contribution in [1.29, 1.82) is 0 Å². The Morgan fingerprint density at radius 1 is 1.26 bits per heavy atom. The highest BCUT2D eigenvalue weighted by Gasteiger charge is 2.27. The van der Waals surface area contributed by atoms with E-state index >= 15 is 0 Å². The summed E-state index contributed by atoms with van der Waals surface area (Å²) in [5.41, 5.74) is 0.483. The van der Waals surface area contributed by atoms with Crippen molar-refractivity contribution in [2.75, 3.05) is 31.5 Å². The number of carbonyl (C=O) groups excluding carboxylic acids is 1. The van der Waals surface area contributed by atoms with E-state index in [1.165, 1.54) is 6.08 Å². The Hall–Kier alpha value is -3.53. The lowest BCUT2D eigenvalue weighted by Crippen LogP contribution is -2.55. The number of piperazine rings is 1. The molecular weight excluding hydrogens is 432 g/mol. The van der Waals surface area contributed by atoms with Gasteiger partial charge >= 0.3 is 0 Å². The summed E-state index contributed by atoms with van der Waals surface area (Å²) >= 11 is 0. The molecule has 1 amide bonds. The molecule has 0 aromatic carbocycles. The van der Waals surface area contributed by atoms with Crippen LogP contribution in [0.3, 0.4) is 0 Å². The molecule has 3 aromatic heterocycles. The molecule has 34 heavy (non-hydrogen) atoms. The third-order valence-electron chi connectivity index (χ3n) is 6.27. The Morgan fingerprint density at radius 3 is 2.79 bits per heavy atom. The molecule has 1 saturated heterocycles. The number of carbonyl (C=O) groups is 1. The molecule has 0 spiro atoms. The molecule has 10 nitrogen and oxygen atoms in total. The Morgan fingerprint density at radius 2 is 2.09 bits per heavy atom. The third-order valence-corrected chi connectivity index (χ3v) is 6.27. The molecule has 10 heteroatoms. The number of hydrogen-bond donors (Lipinski definition) is 1. The van der Waals surface area contributed by atoms with Gasteiger partial charge in [-0.25, -0.2) is 4.98 Å². The minimum atomic E-state index is -0.102. The molecule has 1 aliphatic rings. The molecule has 4 rings (SSSR count). The molecule has 1 fully saturated rings. The van der Waals surface area contributed by atoms with Gasteiger partial charge in [0.1, 0.15) is 5.65 Å². The highest BCUT2D eigenvalue weighted by atomic mass is 16.2. The van der Waals surface area contributed by atoms with Crippen molar-refractivity contribution in [3.8, 4) is 0 Å². The summed E-state index contributed by atoms with van der Waals surface area (Å²) in [7, 11) is 0. The van der Waals surface area contributed by atoms with Crippen LogP contribution in [0.4, 0.5) is 11.8 Å². The summed E-state index contributed by atoms with van der Waals surface area (Å²) in [5.74, 6) is 1.01. The molecule has 1 atom stereocenters. The SMILES string of the molecule is C=CC(=O)N1CCN(CCn2c(=O)ccc3cnc(Nc4ccn(C(C)C)n4)nc32)[C@@H](CC)C1. The molecule has 0 saturated carbocycles. The second kappa shape index (κ2) is 10.2. The third kappa shape index (κ3) is 5.01. The van der Waals surface area contributed by atoms with Crippen molar-refractivity contribution >= 4 is 28.7 Å². The second-order valence-corrected chi connectivity index (χ2v) is 8.78. The minimum absolute atomic E-state index is 0.0293. The summed E-state index contributed by atoms with van der Waals surface area (Å²) in [6.07, 6.45) is 5.91. The first-order valence-electron chi connectivity index (χ1n) is 11.7. The van der Waals surface area contributed by atoms with Crippen molar-refractivity contribution in [3.63, 3.8) is 0 Å². The number of nitrogens with zero attached hydrogens (tertiary/aromatic N) is 7. The summed E-state index contributed by atoms with van der Waals surface area (Å²) in [6, 6.07) is 5.67. The van der Waals surface area contributed by atoms with Crippen LogP contribution < -0.4 is 10.9 Å². The van der Waals surface area contributed by atoms with Crippen molar-refractivity contribution < 1.29 is 4.79 Å². The predicted molar refractivity (Wildman–Crippen MR) is 132 cm³/mol. The maximum Gasteiger partial charge on any atom is 0.252 e. The van der Waals surface area contributed by atoms with Crippen LogP contribution in [-0.4, -0.2) is 72.2 Å². The van der Waals surface area contributed by atoms with E-state index in [1.54, 1.807) is 22.9 Å². The molecule has 180 valence electrons. The first-order valence-corrected chi connectivity index (χ1v) is 11.7. The summed E-state index contributed by atoms with van der Waals surface area (Å²) < 4.78 is 3.55. The molecule has 0 unspecified atom stereocenters. The van der Waals surface area contributed by atoms with Gasteiger partial charge in [0.05, 0.1) is 0 Å². The zero-order valence-electron chi connectivity index (χ0n) is 20.0. The Bertz CT molecular complexity index is 1230.